The molecule has 6 atom stereocenters. The highest BCUT2D eigenvalue weighted by molar-refractivity contribution is 5.74. The number of aliphatic carboxylic acids is 1. The number of allylic oxidation sites excluding steroid dienone is 22. The first kappa shape index (κ1) is 77.9. The molecule has 0 aromatic carbocycles. The Morgan fingerprint density at radius 1 is 0.400 bits per heavy atom. The van der Waals surface area contributed by atoms with E-state index in [9.17, 15) is 34.5 Å². The molecule has 1 rings (SSSR count). The molecule has 1 heterocycles. The van der Waals surface area contributed by atoms with Crippen molar-refractivity contribution in [1.29, 1.82) is 0 Å². The zero-order valence-corrected chi connectivity index (χ0v) is 53.1. The first-order chi connectivity index (χ1) is 41.6. The number of hydrogen-bond donors (Lipinski definition) is 3. The number of carbonyl (C=O) groups is 4. The summed E-state index contributed by atoms with van der Waals surface area (Å²) < 4.78 is 28.4. The minimum absolute atomic E-state index is 0.00816. The van der Waals surface area contributed by atoms with Crippen LogP contribution in [-0.4, -0.2) is 89.2 Å². The molecule has 6 unspecified atom stereocenters. The lowest BCUT2D eigenvalue weighted by Crippen LogP contribution is -2.61. The fraction of sp³-hybridized carbons (Fsp3) is 0.644. The highest BCUT2D eigenvalue weighted by atomic mass is 16.7. The van der Waals surface area contributed by atoms with Crippen LogP contribution >= 0.6 is 0 Å². The van der Waals surface area contributed by atoms with Gasteiger partial charge in [0.1, 0.15) is 18.8 Å². The number of carboxylic acids is 1. The number of aliphatic hydroxyl groups is 2. The number of unbranched alkanes of at least 4 members (excludes halogenated alkanes) is 19. The van der Waals surface area contributed by atoms with Crippen molar-refractivity contribution in [3.63, 3.8) is 0 Å². The number of hydrogen-bond acceptors (Lipinski definition) is 11. The molecule has 0 aromatic heterocycles. The maximum absolute atomic E-state index is 13.2. The summed E-state index contributed by atoms with van der Waals surface area (Å²) in [5.74, 6) is -3.28. The van der Waals surface area contributed by atoms with E-state index < -0.39 is 67.3 Å². The third kappa shape index (κ3) is 48.6. The third-order valence-electron chi connectivity index (χ3n) is 14.2. The van der Waals surface area contributed by atoms with E-state index in [1.165, 1.54) is 83.5 Å². The summed E-state index contributed by atoms with van der Waals surface area (Å²) in [6.45, 7) is 5.71. The van der Waals surface area contributed by atoms with E-state index in [1.54, 1.807) is 0 Å². The third-order valence-corrected chi connectivity index (χ3v) is 14.2. The van der Waals surface area contributed by atoms with Crippen LogP contribution in [0.25, 0.3) is 0 Å². The van der Waals surface area contributed by atoms with Crippen LogP contribution in [0.1, 0.15) is 252 Å². The van der Waals surface area contributed by atoms with Crippen LogP contribution in [0.2, 0.25) is 0 Å². The summed E-state index contributed by atoms with van der Waals surface area (Å²) >= 11 is 0. The molecule has 12 heteroatoms. The van der Waals surface area contributed by atoms with Gasteiger partial charge in [-0.2, -0.15) is 0 Å². The molecule has 0 saturated carbocycles. The van der Waals surface area contributed by atoms with E-state index in [0.717, 1.165) is 109 Å². The molecule has 12 nitrogen and oxygen atoms in total. The van der Waals surface area contributed by atoms with Gasteiger partial charge in [-0.1, -0.05) is 264 Å². The predicted octanol–water partition coefficient (Wildman–Crippen LogP) is 18.1. The molecule has 1 fully saturated rings. The molecule has 1 aliphatic rings. The topological polar surface area (TPSA) is 175 Å². The fourth-order valence-corrected chi connectivity index (χ4v) is 9.24. The van der Waals surface area contributed by atoms with Gasteiger partial charge < -0.3 is 39.0 Å². The van der Waals surface area contributed by atoms with E-state index in [2.05, 4.69) is 142 Å². The zero-order valence-electron chi connectivity index (χ0n) is 53.1. The number of esters is 3. The summed E-state index contributed by atoms with van der Waals surface area (Å²) in [4.78, 5) is 51.4. The van der Waals surface area contributed by atoms with E-state index in [-0.39, 0.29) is 25.9 Å². The number of carboxylic acid groups (broad SMARTS) is 1. The van der Waals surface area contributed by atoms with E-state index in [0.29, 0.717) is 19.3 Å². The van der Waals surface area contributed by atoms with Crippen LogP contribution in [-0.2, 0) is 42.9 Å². The maximum Gasteiger partial charge on any atom is 0.335 e. The predicted molar refractivity (Wildman–Crippen MR) is 349 cm³/mol. The molecule has 0 aromatic rings. The van der Waals surface area contributed by atoms with E-state index in [4.69, 9.17) is 23.7 Å². The van der Waals surface area contributed by atoms with Crippen molar-refractivity contribution in [2.45, 2.75) is 289 Å². The summed E-state index contributed by atoms with van der Waals surface area (Å²) in [6, 6.07) is 0. The average molecular weight is 1190 g/mol. The Hall–Kier alpha value is -5.14. The Morgan fingerprint density at radius 3 is 1.18 bits per heavy atom. The number of aliphatic hydroxyl groups excluding tert-OH is 2. The summed E-state index contributed by atoms with van der Waals surface area (Å²) in [5, 5.41) is 31.6. The number of rotatable bonds is 55. The molecular formula is C73H116O12. The Morgan fingerprint density at radius 2 is 0.765 bits per heavy atom. The van der Waals surface area contributed by atoms with Crippen molar-refractivity contribution in [2.24, 2.45) is 0 Å². The largest absolute Gasteiger partial charge is 0.479 e. The van der Waals surface area contributed by atoms with Gasteiger partial charge in [-0.15, -0.1) is 0 Å². The van der Waals surface area contributed by atoms with Crippen molar-refractivity contribution in [2.75, 3.05) is 13.2 Å². The SMILES string of the molecule is CC/C=C\C/C=C\C/C=C\C/C=C\C/C=C\C/C=C\CCC(=O)OCC(COC1OC(C(=O)O)C(O)C(O)C1OC(=O)CCCCC/C=C\C/C=C\C/C=C\C/C=C\C/C=C\CC)OC(=O)CCCCCCCCCCCCCCCCCCC. The minimum Gasteiger partial charge on any atom is -0.479 e. The van der Waals surface area contributed by atoms with Gasteiger partial charge in [0.05, 0.1) is 6.61 Å². The van der Waals surface area contributed by atoms with Crippen LogP contribution in [0.3, 0.4) is 0 Å². The smallest absolute Gasteiger partial charge is 0.335 e. The molecule has 0 spiro atoms. The molecule has 3 N–H and O–H groups in total. The van der Waals surface area contributed by atoms with Gasteiger partial charge >= 0.3 is 23.9 Å². The molecule has 1 aliphatic heterocycles. The molecule has 0 bridgehead atoms. The Labute approximate surface area is 515 Å². The standard InChI is InChI=1S/C73H116O12/c1-4-7-10-13-16-19-22-25-28-31-33-36-38-41-44-47-50-53-56-59-65(74)81-62-64(83-66(75)60-57-54-51-48-45-42-39-35-30-27-24-21-18-15-12-9-6-3)63-82-73-71(69(78)68(77)70(85-73)72(79)80)84-67(76)61-58-55-52-49-46-43-40-37-34-32-29-26-23-20-17-14-11-8-5-2/h7-8,10-11,16-17,19-20,25-26,28-29,33-34,36-37,41,43-44,46,50,53,64,68-71,73,77-78H,4-6,9,12-15,18,21-24,27,30-32,35,38-40,42,45,47-49,51-52,54-63H2,1-3H3,(H,79,80)/b10-7-,11-8-,19-16-,20-17-,28-25-,29-26-,36-33-,37-34-,44-41-,46-43-,53-50-. The Kier molecular flexibility index (Phi) is 54.2. The first-order valence-corrected chi connectivity index (χ1v) is 33.2. The fourth-order valence-electron chi connectivity index (χ4n) is 9.24. The summed E-state index contributed by atoms with van der Waals surface area (Å²) in [7, 11) is 0. The van der Waals surface area contributed by atoms with Gasteiger partial charge in [-0.3, -0.25) is 14.4 Å². The van der Waals surface area contributed by atoms with Crippen molar-refractivity contribution in [3.05, 3.63) is 134 Å². The average Bonchev–Trinajstić information content (AvgIpc) is 3.51. The molecule has 480 valence electrons. The lowest BCUT2D eigenvalue weighted by atomic mass is 9.98. The van der Waals surface area contributed by atoms with Crippen LogP contribution in [0.15, 0.2) is 134 Å². The van der Waals surface area contributed by atoms with Crippen LogP contribution < -0.4 is 0 Å². The monoisotopic (exact) mass is 1180 g/mol. The highest BCUT2D eigenvalue weighted by Crippen LogP contribution is 2.26. The lowest BCUT2D eigenvalue weighted by molar-refractivity contribution is -0.301. The second-order valence-corrected chi connectivity index (χ2v) is 22.0. The molecule has 1 saturated heterocycles. The molecular weight excluding hydrogens is 1070 g/mol. The number of carbonyl (C=O) groups excluding carboxylic acids is 3. The zero-order chi connectivity index (χ0) is 61.7. The van der Waals surface area contributed by atoms with Crippen LogP contribution in [0.5, 0.6) is 0 Å². The summed E-state index contributed by atoms with van der Waals surface area (Å²) in [5.41, 5.74) is 0. The Bertz CT molecular complexity index is 1990. The first-order valence-electron chi connectivity index (χ1n) is 33.2. The second kappa shape index (κ2) is 59.2. The molecule has 0 aliphatic carbocycles. The minimum atomic E-state index is -1.93. The van der Waals surface area contributed by atoms with Crippen LogP contribution in [0, 0.1) is 0 Å². The van der Waals surface area contributed by atoms with Crippen molar-refractivity contribution < 1.29 is 58.2 Å². The maximum atomic E-state index is 13.2. The van der Waals surface area contributed by atoms with Crippen LogP contribution in [0.4, 0.5) is 0 Å². The molecule has 0 amide bonds. The van der Waals surface area contributed by atoms with Gasteiger partial charge in [0.25, 0.3) is 0 Å². The van der Waals surface area contributed by atoms with E-state index >= 15 is 0 Å². The van der Waals surface area contributed by atoms with Gasteiger partial charge in [0.2, 0.25) is 0 Å². The van der Waals surface area contributed by atoms with Gasteiger partial charge in [0, 0.05) is 19.3 Å². The lowest BCUT2D eigenvalue weighted by Gasteiger charge is -2.40. The normalized spacial score (nSPS) is 18.3. The van der Waals surface area contributed by atoms with Crippen molar-refractivity contribution in [3.8, 4) is 0 Å². The number of ether oxygens (including phenoxy) is 5. The molecule has 85 heavy (non-hydrogen) atoms. The second-order valence-electron chi connectivity index (χ2n) is 22.0. The Balaban J connectivity index is 2.73. The van der Waals surface area contributed by atoms with Crippen molar-refractivity contribution >= 4 is 23.9 Å². The van der Waals surface area contributed by atoms with E-state index in [1.807, 2.05) is 12.2 Å². The molecule has 0 radical (unpaired) electrons. The quantitative estimate of drug-likeness (QED) is 0.0228. The highest BCUT2D eigenvalue weighted by Gasteiger charge is 2.50. The van der Waals surface area contributed by atoms with Gasteiger partial charge in [-0.05, 0) is 103 Å². The van der Waals surface area contributed by atoms with Crippen molar-refractivity contribution in [1.82, 2.24) is 0 Å². The van der Waals surface area contributed by atoms with Gasteiger partial charge in [0.15, 0.2) is 24.6 Å². The van der Waals surface area contributed by atoms with Gasteiger partial charge in [-0.25, -0.2) is 4.79 Å². The summed E-state index contributed by atoms with van der Waals surface area (Å²) in [6.07, 6.45) is 71.3.